The van der Waals surface area contributed by atoms with Crippen LogP contribution >= 0.6 is 0 Å². The van der Waals surface area contributed by atoms with Crippen LogP contribution in [0.2, 0.25) is 0 Å². The summed E-state index contributed by atoms with van der Waals surface area (Å²) < 4.78 is 6.81. The number of esters is 1. The van der Waals surface area contributed by atoms with Gasteiger partial charge in [-0.3, -0.25) is 4.79 Å². The molecule has 0 aliphatic carbocycles. The van der Waals surface area contributed by atoms with Crippen LogP contribution in [0, 0.1) is 5.92 Å². The van der Waals surface area contributed by atoms with Crippen LogP contribution in [0.15, 0.2) is 36.5 Å². The average molecular weight is 316 g/mol. The van der Waals surface area contributed by atoms with Gasteiger partial charge >= 0.3 is 5.97 Å². The van der Waals surface area contributed by atoms with Crippen LogP contribution < -0.4 is 5.32 Å². The zero-order valence-corrected chi connectivity index (χ0v) is 13.9. The summed E-state index contributed by atoms with van der Waals surface area (Å²) in [6.45, 7) is 4.59. The Morgan fingerprint density at radius 2 is 1.96 bits per heavy atom. The molecule has 5 nitrogen and oxygen atoms in total. The van der Waals surface area contributed by atoms with Crippen LogP contribution in [0.3, 0.4) is 0 Å². The maximum absolute atomic E-state index is 12.2. The molecule has 2 aromatic rings. The quantitative estimate of drug-likeness (QED) is 0.799. The van der Waals surface area contributed by atoms with E-state index in [9.17, 15) is 9.59 Å². The van der Waals surface area contributed by atoms with Crippen molar-refractivity contribution in [2.75, 3.05) is 7.11 Å². The second kappa shape index (κ2) is 7.81. The van der Waals surface area contributed by atoms with Crippen molar-refractivity contribution in [3.63, 3.8) is 0 Å². The summed E-state index contributed by atoms with van der Waals surface area (Å²) in [5.74, 6) is -0.231. The van der Waals surface area contributed by atoms with Gasteiger partial charge in [-0.1, -0.05) is 32.0 Å². The van der Waals surface area contributed by atoms with E-state index in [1.807, 2.05) is 54.9 Å². The molecule has 0 fully saturated rings. The van der Waals surface area contributed by atoms with Crippen LogP contribution in [-0.2, 0) is 20.9 Å². The fraction of sp³-hybridized carbons (Fsp3) is 0.444. The number of nitrogens with zero attached hydrogens (tertiary/aromatic N) is 1. The molecule has 23 heavy (non-hydrogen) atoms. The third-order valence-electron chi connectivity index (χ3n) is 3.79. The fourth-order valence-corrected chi connectivity index (χ4v) is 2.65. The Hall–Kier alpha value is -2.30. The molecule has 0 saturated heterocycles. The van der Waals surface area contributed by atoms with Crippen molar-refractivity contribution >= 4 is 22.8 Å². The number of amides is 1. The first-order valence-corrected chi connectivity index (χ1v) is 7.92. The van der Waals surface area contributed by atoms with Crippen molar-refractivity contribution in [3.05, 3.63) is 36.5 Å². The van der Waals surface area contributed by atoms with Gasteiger partial charge in [0, 0.05) is 24.7 Å². The van der Waals surface area contributed by atoms with Crippen molar-refractivity contribution < 1.29 is 14.3 Å². The second-order valence-corrected chi connectivity index (χ2v) is 6.09. The number of carbonyl (C=O) groups is 2. The second-order valence-electron chi connectivity index (χ2n) is 6.09. The number of hydrogen-bond acceptors (Lipinski definition) is 3. The highest BCUT2D eigenvalue weighted by atomic mass is 16.5. The van der Waals surface area contributed by atoms with E-state index in [0.717, 1.165) is 10.9 Å². The minimum Gasteiger partial charge on any atom is -0.467 e. The van der Waals surface area contributed by atoms with Gasteiger partial charge in [-0.25, -0.2) is 4.79 Å². The number of nitrogens with one attached hydrogen (secondary N) is 1. The summed E-state index contributed by atoms with van der Waals surface area (Å²) in [6, 6.07) is 9.50. The fourth-order valence-electron chi connectivity index (χ4n) is 2.65. The molecule has 0 saturated carbocycles. The molecule has 0 bridgehead atoms. The molecule has 0 aliphatic rings. The number of carbonyl (C=O) groups excluding carboxylic acids is 2. The lowest BCUT2D eigenvalue weighted by Crippen LogP contribution is -2.42. The van der Waals surface area contributed by atoms with Gasteiger partial charge in [-0.15, -0.1) is 0 Å². The largest absolute Gasteiger partial charge is 0.467 e. The van der Waals surface area contributed by atoms with Crippen molar-refractivity contribution in [1.82, 2.24) is 9.88 Å². The summed E-state index contributed by atoms with van der Waals surface area (Å²) in [7, 11) is 1.34. The van der Waals surface area contributed by atoms with E-state index < -0.39 is 12.0 Å². The third-order valence-corrected chi connectivity index (χ3v) is 3.79. The SMILES string of the molecule is COC(=O)C(CC(C)C)NC(=O)CCn1ccc2ccccc21. The van der Waals surface area contributed by atoms with Crippen LogP contribution in [0.25, 0.3) is 10.9 Å². The molecule has 1 amide bonds. The minimum atomic E-state index is -0.575. The van der Waals surface area contributed by atoms with E-state index >= 15 is 0 Å². The molecule has 1 atom stereocenters. The lowest BCUT2D eigenvalue weighted by atomic mass is 10.0. The summed E-state index contributed by atoms with van der Waals surface area (Å²) in [5.41, 5.74) is 1.10. The topological polar surface area (TPSA) is 60.3 Å². The molecule has 1 unspecified atom stereocenters. The first-order chi connectivity index (χ1) is 11.0. The van der Waals surface area contributed by atoms with Gasteiger partial charge in [0.2, 0.25) is 5.91 Å². The Morgan fingerprint density at radius 1 is 1.22 bits per heavy atom. The molecule has 1 heterocycles. The number of aryl methyl sites for hydroxylation is 1. The normalized spacial score (nSPS) is 12.3. The van der Waals surface area contributed by atoms with Gasteiger partial charge in [-0.05, 0) is 29.9 Å². The van der Waals surface area contributed by atoms with Gasteiger partial charge in [0.15, 0.2) is 0 Å². The van der Waals surface area contributed by atoms with E-state index in [2.05, 4.69) is 5.32 Å². The predicted molar refractivity (Wildman–Crippen MR) is 90.0 cm³/mol. The lowest BCUT2D eigenvalue weighted by Gasteiger charge is -2.18. The van der Waals surface area contributed by atoms with E-state index in [1.54, 1.807) is 0 Å². The number of aromatic nitrogens is 1. The Morgan fingerprint density at radius 3 is 2.65 bits per heavy atom. The maximum atomic E-state index is 12.2. The van der Waals surface area contributed by atoms with Gasteiger partial charge in [0.25, 0.3) is 0 Å². The molecule has 0 aliphatic heterocycles. The molecular formula is C18H24N2O3. The predicted octanol–water partition coefficient (Wildman–Crippen LogP) is 2.74. The zero-order valence-electron chi connectivity index (χ0n) is 13.9. The first-order valence-electron chi connectivity index (χ1n) is 7.92. The highest BCUT2D eigenvalue weighted by molar-refractivity contribution is 5.84. The lowest BCUT2D eigenvalue weighted by molar-refractivity contribution is -0.145. The summed E-state index contributed by atoms with van der Waals surface area (Å²) in [4.78, 5) is 23.9. The van der Waals surface area contributed by atoms with Crippen LogP contribution in [0.5, 0.6) is 0 Å². The molecule has 5 heteroatoms. The van der Waals surface area contributed by atoms with E-state index in [1.165, 1.54) is 7.11 Å². The maximum Gasteiger partial charge on any atom is 0.328 e. The zero-order chi connectivity index (χ0) is 16.8. The Bertz CT molecular complexity index is 676. The molecular weight excluding hydrogens is 292 g/mol. The molecule has 1 aromatic heterocycles. The summed E-state index contributed by atoms with van der Waals surface area (Å²) >= 11 is 0. The summed E-state index contributed by atoms with van der Waals surface area (Å²) in [6.07, 6.45) is 2.87. The molecule has 1 aromatic carbocycles. The minimum absolute atomic E-state index is 0.140. The van der Waals surface area contributed by atoms with Crippen LogP contribution in [0.4, 0.5) is 0 Å². The standard InChI is InChI=1S/C18H24N2O3/c1-13(2)12-15(18(22)23-3)19-17(21)9-11-20-10-8-14-6-4-5-7-16(14)20/h4-8,10,13,15H,9,11-12H2,1-3H3,(H,19,21). The Balaban J connectivity index is 1.94. The average Bonchev–Trinajstić information content (AvgIpc) is 2.94. The Labute approximate surface area is 136 Å². The van der Waals surface area contributed by atoms with Crippen molar-refractivity contribution in [3.8, 4) is 0 Å². The summed E-state index contributed by atoms with van der Waals surface area (Å²) in [5, 5.41) is 3.94. The molecule has 124 valence electrons. The van der Waals surface area contributed by atoms with E-state index in [4.69, 9.17) is 4.74 Å². The number of hydrogen-bond donors (Lipinski definition) is 1. The van der Waals surface area contributed by atoms with Crippen molar-refractivity contribution in [2.24, 2.45) is 5.92 Å². The van der Waals surface area contributed by atoms with Crippen molar-refractivity contribution in [2.45, 2.75) is 39.3 Å². The third kappa shape index (κ3) is 4.58. The van der Waals surface area contributed by atoms with Crippen LogP contribution in [0.1, 0.15) is 26.7 Å². The van der Waals surface area contributed by atoms with Gasteiger partial charge < -0.3 is 14.6 Å². The molecule has 0 spiro atoms. The van der Waals surface area contributed by atoms with Gasteiger partial charge in [0.05, 0.1) is 7.11 Å². The first kappa shape index (κ1) is 17.1. The monoisotopic (exact) mass is 316 g/mol. The number of methoxy groups -OCH3 is 1. The van der Waals surface area contributed by atoms with Crippen molar-refractivity contribution in [1.29, 1.82) is 0 Å². The highest BCUT2D eigenvalue weighted by Crippen LogP contribution is 2.15. The molecule has 1 N–H and O–H groups in total. The van der Waals surface area contributed by atoms with E-state index in [-0.39, 0.29) is 5.91 Å². The molecule has 2 rings (SSSR count). The molecule has 0 radical (unpaired) electrons. The number of benzene rings is 1. The highest BCUT2D eigenvalue weighted by Gasteiger charge is 2.22. The van der Waals surface area contributed by atoms with Crippen LogP contribution in [-0.4, -0.2) is 29.6 Å². The Kier molecular flexibility index (Phi) is 5.79. The number of ether oxygens (including phenoxy) is 1. The number of fused-ring (bicyclic) bond motifs is 1. The number of rotatable bonds is 7. The van der Waals surface area contributed by atoms with E-state index in [0.29, 0.717) is 25.3 Å². The smallest absolute Gasteiger partial charge is 0.328 e. The number of para-hydroxylation sites is 1. The van der Waals surface area contributed by atoms with Gasteiger partial charge in [-0.2, -0.15) is 0 Å². The van der Waals surface area contributed by atoms with Gasteiger partial charge in [0.1, 0.15) is 6.04 Å².